The van der Waals surface area contributed by atoms with Crippen molar-refractivity contribution in [3.63, 3.8) is 0 Å². The van der Waals surface area contributed by atoms with Crippen LogP contribution >= 0.6 is 23.2 Å². The topological polar surface area (TPSA) is 30.7 Å². The van der Waals surface area contributed by atoms with Crippen LogP contribution in [0.15, 0.2) is 36.7 Å². The van der Waals surface area contributed by atoms with Gasteiger partial charge in [0, 0.05) is 22.8 Å². The molecule has 2 aromatic heterocycles. The van der Waals surface area contributed by atoms with Gasteiger partial charge < -0.3 is 0 Å². The van der Waals surface area contributed by atoms with Crippen molar-refractivity contribution in [2.24, 2.45) is 0 Å². The Labute approximate surface area is 132 Å². The van der Waals surface area contributed by atoms with Crippen molar-refractivity contribution in [3.8, 4) is 5.69 Å². The molecule has 1 aliphatic rings. The van der Waals surface area contributed by atoms with Gasteiger partial charge in [-0.3, -0.25) is 0 Å². The van der Waals surface area contributed by atoms with Crippen molar-refractivity contribution in [1.29, 1.82) is 0 Å². The minimum Gasteiger partial charge on any atom is -0.237 e. The fourth-order valence-corrected chi connectivity index (χ4v) is 3.37. The quantitative estimate of drug-likeness (QED) is 0.666. The fourth-order valence-electron chi connectivity index (χ4n) is 2.74. The summed E-state index contributed by atoms with van der Waals surface area (Å²) < 4.78 is 1.79. The zero-order valence-electron chi connectivity index (χ0n) is 11.3. The Morgan fingerprint density at radius 1 is 1.14 bits per heavy atom. The second-order valence-corrected chi connectivity index (χ2v) is 6.26. The van der Waals surface area contributed by atoms with Crippen LogP contribution in [-0.2, 0) is 0 Å². The lowest BCUT2D eigenvalue weighted by atomic mass is 9.80. The van der Waals surface area contributed by atoms with Gasteiger partial charge in [0.15, 0.2) is 5.65 Å². The smallest absolute Gasteiger partial charge is 0.181 e. The van der Waals surface area contributed by atoms with Crippen LogP contribution in [0.25, 0.3) is 16.7 Å². The van der Waals surface area contributed by atoms with Gasteiger partial charge in [0.05, 0.1) is 10.7 Å². The average molecular weight is 318 g/mol. The lowest BCUT2D eigenvalue weighted by Gasteiger charge is -2.27. The zero-order chi connectivity index (χ0) is 14.4. The number of hydrogen-bond donors (Lipinski definition) is 0. The summed E-state index contributed by atoms with van der Waals surface area (Å²) in [7, 11) is 0. The van der Waals surface area contributed by atoms with Gasteiger partial charge in [-0.15, -0.1) is 5.10 Å². The Hall–Kier alpha value is -1.58. The fraction of sp³-hybridized carbons (Fsp3) is 0.250. The van der Waals surface area contributed by atoms with E-state index < -0.39 is 0 Å². The molecule has 0 atom stereocenters. The molecule has 0 spiro atoms. The van der Waals surface area contributed by atoms with Crippen LogP contribution < -0.4 is 0 Å². The molecule has 0 radical (unpaired) electrons. The van der Waals surface area contributed by atoms with Crippen LogP contribution in [0.4, 0.5) is 0 Å². The highest BCUT2D eigenvalue weighted by Gasteiger charge is 2.23. The van der Waals surface area contributed by atoms with Crippen molar-refractivity contribution in [1.82, 2.24) is 14.8 Å². The third-order valence-electron chi connectivity index (χ3n) is 4.14. The van der Waals surface area contributed by atoms with Crippen molar-refractivity contribution in [2.75, 3.05) is 0 Å². The van der Waals surface area contributed by atoms with E-state index in [0.717, 1.165) is 16.1 Å². The summed E-state index contributed by atoms with van der Waals surface area (Å²) in [5, 5.41) is 6.85. The first-order chi connectivity index (χ1) is 10.2. The van der Waals surface area contributed by atoms with E-state index in [9.17, 15) is 0 Å². The van der Waals surface area contributed by atoms with Gasteiger partial charge in [0.25, 0.3) is 0 Å². The molecule has 0 bridgehead atoms. The van der Waals surface area contributed by atoms with E-state index in [2.05, 4.69) is 16.1 Å². The lowest BCUT2D eigenvalue weighted by molar-refractivity contribution is 0.420. The Morgan fingerprint density at radius 2 is 2.00 bits per heavy atom. The molecule has 1 aliphatic carbocycles. The highest BCUT2D eigenvalue weighted by atomic mass is 35.5. The SMILES string of the molecule is Clc1cc(Cl)c(-n2cc3cccnc3n2)cc1C1CCC1. The van der Waals surface area contributed by atoms with Crippen molar-refractivity contribution >= 4 is 34.2 Å². The van der Waals surface area contributed by atoms with Crippen LogP contribution in [0.1, 0.15) is 30.7 Å². The Morgan fingerprint density at radius 3 is 2.71 bits per heavy atom. The molecule has 1 saturated carbocycles. The van der Waals surface area contributed by atoms with Crippen molar-refractivity contribution in [2.45, 2.75) is 25.2 Å². The third-order valence-corrected chi connectivity index (χ3v) is 4.77. The maximum Gasteiger partial charge on any atom is 0.181 e. The molecule has 3 aromatic rings. The van der Waals surface area contributed by atoms with E-state index in [1.807, 2.05) is 24.4 Å². The monoisotopic (exact) mass is 317 g/mol. The van der Waals surface area contributed by atoms with Gasteiger partial charge in [-0.25, -0.2) is 9.67 Å². The minimum absolute atomic E-state index is 0.552. The van der Waals surface area contributed by atoms with E-state index in [1.165, 1.54) is 24.8 Å². The maximum absolute atomic E-state index is 6.36. The minimum atomic E-state index is 0.552. The first-order valence-electron chi connectivity index (χ1n) is 7.02. The molecule has 0 amide bonds. The van der Waals surface area contributed by atoms with E-state index in [1.54, 1.807) is 10.9 Å². The average Bonchev–Trinajstić information content (AvgIpc) is 2.83. The Kier molecular flexibility index (Phi) is 3.12. The molecule has 0 saturated heterocycles. The second-order valence-electron chi connectivity index (χ2n) is 5.44. The predicted molar refractivity (Wildman–Crippen MR) is 85.5 cm³/mol. The zero-order valence-corrected chi connectivity index (χ0v) is 12.8. The summed E-state index contributed by atoms with van der Waals surface area (Å²) in [4.78, 5) is 4.26. The molecule has 3 nitrogen and oxygen atoms in total. The molecular formula is C16H13Cl2N3. The predicted octanol–water partition coefficient (Wildman–Crippen LogP) is 4.99. The molecule has 0 unspecified atom stereocenters. The van der Waals surface area contributed by atoms with Gasteiger partial charge in [0.1, 0.15) is 0 Å². The summed E-state index contributed by atoms with van der Waals surface area (Å²) >= 11 is 12.7. The van der Waals surface area contributed by atoms with Crippen LogP contribution in [-0.4, -0.2) is 14.8 Å². The van der Waals surface area contributed by atoms with Crippen molar-refractivity contribution < 1.29 is 0 Å². The summed E-state index contributed by atoms with van der Waals surface area (Å²) in [6.45, 7) is 0. The molecule has 1 fully saturated rings. The van der Waals surface area contributed by atoms with Crippen molar-refractivity contribution in [3.05, 3.63) is 52.3 Å². The van der Waals surface area contributed by atoms with Gasteiger partial charge in [-0.1, -0.05) is 29.6 Å². The normalized spacial score (nSPS) is 15.3. The summed E-state index contributed by atoms with van der Waals surface area (Å²) in [6, 6.07) is 7.78. The number of benzene rings is 1. The van der Waals surface area contributed by atoms with Gasteiger partial charge >= 0.3 is 0 Å². The molecule has 1 aromatic carbocycles. The number of nitrogens with zero attached hydrogens (tertiary/aromatic N) is 3. The number of rotatable bonds is 2. The third kappa shape index (κ3) is 2.21. The van der Waals surface area contributed by atoms with E-state index in [4.69, 9.17) is 23.2 Å². The van der Waals surface area contributed by atoms with E-state index in [-0.39, 0.29) is 0 Å². The summed E-state index contributed by atoms with van der Waals surface area (Å²) in [5.74, 6) is 0.552. The highest BCUT2D eigenvalue weighted by Crippen LogP contribution is 2.42. The van der Waals surface area contributed by atoms with Gasteiger partial charge in [-0.05, 0) is 48.6 Å². The van der Waals surface area contributed by atoms with Crippen LogP contribution in [0, 0.1) is 0 Å². The summed E-state index contributed by atoms with van der Waals surface area (Å²) in [6.07, 6.45) is 7.35. The standard InChI is InChI=1S/C16H13Cl2N3/c17-13-8-14(18)15(7-12(13)10-3-1-4-10)21-9-11-5-2-6-19-16(11)20-21/h2,5-10H,1,3-4H2. The highest BCUT2D eigenvalue weighted by molar-refractivity contribution is 6.36. The molecule has 0 N–H and O–H groups in total. The van der Waals surface area contributed by atoms with Crippen LogP contribution in [0.5, 0.6) is 0 Å². The van der Waals surface area contributed by atoms with E-state index >= 15 is 0 Å². The van der Waals surface area contributed by atoms with Gasteiger partial charge in [-0.2, -0.15) is 0 Å². The first-order valence-corrected chi connectivity index (χ1v) is 7.78. The number of aromatic nitrogens is 3. The molecule has 4 rings (SSSR count). The Balaban J connectivity index is 1.86. The first kappa shape index (κ1) is 13.1. The largest absolute Gasteiger partial charge is 0.237 e. The number of halogens is 2. The molecule has 5 heteroatoms. The molecule has 0 aliphatic heterocycles. The molecule has 21 heavy (non-hydrogen) atoms. The Bertz CT molecular complexity index is 789. The van der Waals surface area contributed by atoms with Gasteiger partial charge in [0.2, 0.25) is 0 Å². The van der Waals surface area contributed by atoms with Crippen LogP contribution in [0.3, 0.4) is 0 Å². The number of hydrogen-bond acceptors (Lipinski definition) is 2. The number of fused-ring (bicyclic) bond motifs is 1. The number of pyridine rings is 1. The second kappa shape index (κ2) is 5.00. The molecule has 106 valence electrons. The lowest BCUT2D eigenvalue weighted by Crippen LogP contribution is -2.10. The van der Waals surface area contributed by atoms with Crippen LogP contribution in [0.2, 0.25) is 10.0 Å². The van der Waals surface area contributed by atoms with E-state index in [0.29, 0.717) is 16.6 Å². The maximum atomic E-state index is 6.36. The molecule has 2 heterocycles. The molecular weight excluding hydrogens is 305 g/mol. The summed E-state index contributed by atoms with van der Waals surface area (Å²) in [5.41, 5.74) is 2.75.